The zero-order valence-corrected chi connectivity index (χ0v) is 18.3. The van der Waals surface area contributed by atoms with Crippen molar-refractivity contribution in [3.05, 3.63) is 0 Å². The lowest BCUT2D eigenvalue weighted by Crippen LogP contribution is -2.21. The van der Waals surface area contributed by atoms with Gasteiger partial charge in [-0.1, -0.05) is 17.8 Å². The van der Waals surface area contributed by atoms with Gasteiger partial charge < -0.3 is 28.4 Å². The van der Waals surface area contributed by atoms with Crippen molar-refractivity contribution < 1.29 is 28.4 Å². The molecular weight excluding hydrogens is 372 g/mol. The Morgan fingerprint density at radius 3 is 0.920 bits per heavy atom. The Bertz CT molecular complexity index is 437. The molecule has 0 aliphatic heterocycles. The van der Waals surface area contributed by atoms with Gasteiger partial charge in [-0.05, 0) is 0 Å². The molecule has 0 unspecified atom stereocenters. The van der Waals surface area contributed by atoms with Crippen LogP contribution in [0.2, 0.25) is 0 Å². The number of hydrogen-bond donors (Lipinski definition) is 0. The van der Waals surface area contributed by atoms with Crippen LogP contribution in [0.3, 0.4) is 0 Å². The quantitative estimate of drug-likeness (QED) is 0.294. The van der Waals surface area contributed by atoms with E-state index in [1.54, 1.807) is 42.7 Å². The highest BCUT2D eigenvalue weighted by atomic mass is 28.2. The second-order valence-corrected chi connectivity index (χ2v) is 7.11. The first-order valence-corrected chi connectivity index (χ1v) is 10.3. The standard InChI is InChI=1S/C16H22O6Si3/c1-17-14(18-2)23-10-7-13(8-11-24-15(19-3)20-4)9-12-25-16(21-5)22-6/h13-16H,1-6H3. The van der Waals surface area contributed by atoms with Gasteiger partial charge in [0.05, 0.1) is 0 Å². The van der Waals surface area contributed by atoms with E-state index in [9.17, 15) is 0 Å². The molecule has 0 aliphatic rings. The Labute approximate surface area is 158 Å². The maximum absolute atomic E-state index is 5.12. The lowest BCUT2D eigenvalue weighted by Gasteiger charge is -2.08. The monoisotopic (exact) mass is 394 g/mol. The molecule has 0 aromatic rings. The van der Waals surface area contributed by atoms with E-state index in [2.05, 4.69) is 34.4 Å². The first kappa shape index (κ1) is 24.1. The minimum absolute atomic E-state index is 0.182. The molecule has 25 heavy (non-hydrogen) atoms. The highest BCUT2D eigenvalue weighted by molar-refractivity contribution is 6.48. The van der Waals surface area contributed by atoms with Gasteiger partial charge in [-0.25, -0.2) is 0 Å². The number of hydrogen-bond acceptors (Lipinski definition) is 6. The summed E-state index contributed by atoms with van der Waals surface area (Å²) in [5, 5.41) is 0. The molecular formula is C16H22O6Si3. The van der Waals surface area contributed by atoms with Crippen molar-refractivity contribution >= 4 is 28.6 Å². The highest BCUT2D eigenvalue weighted by Crippen LogP contribution is 1.93. The summed E-state index contributed by atoms with van der Waals surface area (Å²) in [6.45, 7) is 0. The summed E-state index contributed by atoms with van der Waals surface area (Å²) in [5.41, 5.74) is 9.07. The summed E-state index contributed by atoms with van der Waals surface area (Å²) in [6, 6.07) is 0. The van der Waals surface area contributed by atoms with Crippen molar-refractivity contribution in [1.29, 1.82) is 0 Å². The van der Waals surface area contributed by atoms with E-state index >= 15 is 0 Å². The molecule has 0 amide bonds. The Morgan fingerprint density at radius 1 is 0.480 bits per heavy atom. The van der Waals surface area contributed by atoms with Crippen molar-refractivity contribution in [3.8, 4) is 34.4 Å². The molecule has 0 bridgehead atoms. The molecule has 0 heterocycles. The van der Waals surface area contributed by atoms with E-state index < -0.39 is 0 Å². The largest absolute Gasteiger partial charge is 0.359 e. The average Bonchev–Trinajstić information content (AvgIpc) is 2.65. The van der Waals surface area contributed by atoms with Crippen LogP contribution in [0, 0.1) is 40.3 Å². The maximum Gasteiger partial charge on any atom is 0.221 e. The Morgan fingerprint density at radius 2 is 0.720 bits per heavy atom. The van der Waals surface area contributed by atoms with Crippen LogP contribution in [0.25, 0.3) is 0 Å². The van der Waals surface area contributed by atoms with Gasteiger partial charge in [0.2, 0.25) is 28.6 Å². The predicted octanol–water partition coefficient (Wildman–Crippen LogP) is -0.673. The molecule has 9 heteroatoms. The van der Waals surface area contributed by atoms with Crippen LogP contribution in [-0.2, 0) is 28.4 Å². The smallest absolute Gasteiger partial charge is 0.221 e. The molecule has 0 N–H and O–H groups in total. The fourth-order valence-electron chi connectivity index (χ4n) is 1.27. The summed E-state index contributed by atoms with van der Waals surface area (Å²) in [7, 11) is 10.0. The summed E-state index contributed by atoms with van der Waals surface area (Å²) in [6.07, 6.45) is 0. The number of rotatable bonds is 9. The first-order chi connectivity index (χ1) is 12.1. The van der Waals surface area contributed by atoms with E-state index in [4.69, 9.17) is 28.4 Å². The van der Waals surface area contributed by atoms with Gasteiger partial charge in [0.25, 0.3) is 0 Å². The summed E-state index contributed by atoms with van der Waals surface area (Å²) in [4.78, 5) is 0. The van der Waals surface area contributed by atoms with Gasteiger partial charge in [0.1, 0.15) is 5.92 Å². The molecule has 0 spiro atoms. The van der Waals surface area contributed by atoms with Crippen molar-refractivity contribution in [2.24, 2.45) is 5.92 Å². The van der Waals surface area contributed by atoms with Crippen molar-refractivity contribution in [2.45, 2.75) is 17.7 Å². The Hall–Kier alpha value is -0.909. The van der Waals surface area contributed by atoms with Gasteiger partial charge in [-0.3, -0.25) is 0 Å². The summed E-state index contributed by atoms with van der Waals surface area (Å²) < 4.78 is 30.7. The second-order valence-electron chi connectivity index (χ2n) is 4.08. The van der Waals surface area contributed by atoms with Crippen molar-refractivity contribution in [1.82, 2.24) is 0 Å². The molecule has 0 aliphatic carbocycles. The third kappa shape index (κ3) is 12.1. The van der Waals surface area contributed by atoms with Crippen LogP contribution >= 0.6 is 0 Å². The third-order valence-electron chi connectivity index (χ3n) is 2.50. The molecule has 134 valence electrons. The van der Waals surface area contributed by atoms with Crippen LogP contribution in [0.5, 0.6) is 0 Å². The van der Waals surface area contributed by atoms with E-state index in [0.717, 1.165) is 0 Å². The molecule has 0 rings (SSSR count). The fraction of sp³-hybridized carbons (Fsp3) is 0.625. The van der Waals surface area contributed by atoms with E-state index in [0.29, 0.717) is 0 Å². The lowest BCUT2D eigenvalue weighted by molar-refractivity contribution is -0.0429. The molecule has 0 saturated carbocycles. The topological polar surface area (TPSA) is 55.4 Å². The number of ether oxygens (including phenoxy) is 6. The minimum Gasteiger partial charge on any atom is -0.359 e. The average molecular weight is 395 g/mol. The molecule has 6 radical (unpaired) electrons. The normalized spacial score (nSPS) is 10.3. The van der Waals surface area contributed by atoms with E-state index in [1.807, 2.05) is 0 Å². The van der Waals surface area contributed by atoms with Gasteiger partial charge in [0, 0.05) is 42.7 Å². The van der Waals surface area contributed by atoms with Crippen LogP contribution < -0.4 is 0 Å². The van der Waals surface area contributed by atoms with Gasteiger partial charge in [-0.15, -0.1) is 16.6 Å². The SMILES string of the molecule is COC(OC)[Si]C#CC(C#C[Si]C(OC)OC)C#C[Si]C(OC)OC. The Balaban J connectivity index is 4.96. The minimum atomic E-state index is -0.384. The van der Waals surface area contributed by atoms with Crippen molar-refractivity contribution in [2.75, 3.05) is 42.7 Å². The van der Waals surface area contributed by atoms with Gasteiger partial charge in [0.15, 0.2) is 17.7 Å². The molecule has 0 fully saturated rings. The molecule has 0 saturated heterocycles. The van der Waals surface area contributed by atoms with Crippen LogP contribution in [0.15, 0.2) is 0 Å². The third-order valence-corrected chi connectivity index (χ3v) is 5.49. The van der Waals surface area contributed by atoms with Crippen molar-refractivity contribution in [3.63, 3.8) is 0 Å². The van der Waals surface area contributed by atoms with E-state index in [-0.39, 0.29) is 52.2 Å². The molecule has 6 nitrogen and oxygen atoms in total. The van der Waals surface area contributed by atoms with Crippen LogP contribution in [0.1, 0.15) is 0 Å². The predicted molar refractivity (Wildman–Crippen MR) is 97.5 cm³/mol. The number of methoxy groups -OCH3 is 6. The lowest BCUT2D eigenvalue weighted by atomic mass is 10.2. The van der Waals surface area contributed by atoms with Crippen LogP contribution in [0.4, 0.5) is 0 Å². The second kappa shape index (κ2) is 16.6. The maximum atomic E-state index is 5.12. The zero-order chi connectivity index (χ0) is 18.9. The molecule has 0 atom stereocenters. The fourth-order valence-corrected chi connectivity index (χ4v) is 3.01. The van der Waals surface area contributed by atoms with Gasteiger partial charge >= 0.3 is 0 Å². The summed E-state index contributed by atoms with van der Waals surface area (Å²) >= 11 is 0. The van der Waals surface area contributed by atoms with Gasteiger partial charge in [-0.2, -0.15) is 0 Å². The first-order valence-electron chi connectivity index (χ1n) is 7.10. The van der Waals surface area contributed by atoms with Crippen LogP contribution in [-0.4, -0.2) is 89.0 Å². The van der Waals surface area contributed by atoms with E-state index in [1.165, 1.54) is 0 Å². The molecule has 0 aromatic heterocycles. The Kier molecular flexibility index (Phi) is 16.0. The molecule has 0 aromatic carbocycles. The summed E-state index contributed by atoms with van der Waals surface area (Å²) in [5.74, 6) is 7.72. The highest BCUT2D eigenvalue weighted by Gasteiger charge is 2.06. The zero-order valence-electron chi connectivity index (χ0n) is 15.3.